The Hall–Kier alpha value is -3.25. The third kappa shape index (κ3) is 3.14. The summed E-state index contributed by atoms with van der Waals surface area (Å²) in [5.41, 5.74) is 3.55. The van der Waals surface area contributed by atoms with Gasteiger partial charge in [0.1, 0.15) is 22.0 Å². The predicted molar refractivity (Wildman–Crippen MR) is 102 cm³/mol. The summed E-state index contributed by atoms with van der Waals surface area (Å²) in [6.07, 6.45) is 1.77. The van der Waals surface area contributed by atoms with Crippen molar-refractivity contribution in [1.82, 2.24) is 10.1 Å². The number of aromatic nitrogens is 2. The second kappa shape index (κ2) is 6.93. The van der Waals surface area contributed by atoms with E-state index in [4.69, 9.17) is 4.52 Å². The van der Waals surface area contributed by atoms with Gasteiger partial charge >= 0.3 is 0 Å². The number of hydrogen-bond donors (Lipinski definition) is 1. The quantitative estimate of drug-likeness (QED) is 0.554. The first-order valence-corrected chi connectivity index (χ1v) is 8.93. The van der Waals surface area contributed by atoms with Crippen molar-refractivity contribution in [3.05, 3.63) is 77.5 Å². The van der Waals surface area contributed by atoms with Crippen LogP contribution >= 0.6 is 11.3 Å². The number of anilines is 1. The van der Waals surface area contributed by atoms with Gasteiger partial charge in [0.25, 0.3) is 5.91 Å². The minimum absolute atomic E-state index is 0.246. The fourth-order valence-electron chi connectivity index (χ4n) is 2.69. The van der Waals surface area contributed by atoms with Crippen LogP contribution in [0.15, 0.2) is 70.7 Å². The van der Waals surface area contributed by atoms with Crippen molar-refractivity contribution in [2.75, 3.05) is 5.32 Å². The van der Waals surface area contributed by atoms with Crippen molar-refractivity contribution in [3.63, 3.8) is 0 Å². The fourth-order valence-corrected chi connectivity index (χ4v) is 3.33. The van der Waals surface area contributed by atoms with Gasteiger partial charge in [-0.25, -0.2) is 4.98 Å². The molecule has 4 rings (SSSR count). The van der Waals surface area contributed by atoms with Crippen LogP contribution in [-0.4, -0.2) is 16.0 Å². The highest BCUT2D eigenvalue weighted by atomic mass is 32.1. The average molecular weight is 361 g/mol. The third-order valence-electron chi connectivity index (χ3n) is 3.96. The number of carbonyl (C=O) groups is 1. The van der Waals surface area contributed by atoms with Gasteiger partial charge in [0.2, 0.25) is 0 Å². The highest BCUT2D eigenvalue weighted by Gasteiger charge is 2.21. The second-order valence-corrected chi connectivity index (χ2v) is 6.59. The zero-order valence-corrected chi connectivity index (χ0v) is 14.8. The normalized spacial score (nSPS) is 10.7. The molecule has 0 atom stereocenters. The molecule has 5 nitrogen and oxygen atoms in total. The molecule has 0 saturated heterocycles. The van der Waals surface area contributed by atoms with Gasteiger partial charge < -0.3 is 9.84 Å². The second-order valence-electron chi connectivity index (χ2n) is 5.70. The van der Waals surface area contributed by atoms with Gasteiger partial charge in [0.15, 0.2) is 0 Å². The van der Waals surface area contributed by atoms with Gasteiger partial charge in [-0.1, -0.05) is 35.5 Å². The van der Waals surface area contributed by atoms with Crippen LogP contribution in [0.4, 0.5) is 5.69 Å². The Kier molecular flexibility index (Phi) is 4.33. The molecule has 0 fully saturated rings. The van der Waals surface area contributed by atoms with E-state index in [2.05, 4.69) is 15.5 Å². The molecule has 0 radical (unpaired) electrons. The molecule has 0 unspecified atom stereocenters. The molecule has 4 aromatic rings. The van der Waals surface area contributed by atoms with E-state index in [1.54, 1.807) is 24.5 Å². The van der Waals surface area contributed by atoms with Crippen LogP contribution in [0.2, 0.25) is 0 Å². The lowest BCUT2D eigenvalue weighted by atomic mass is 10.1. The lowest BCUT2D eigenvalue weighted by Gasteiger charge is -2.06. The number of aryl methyl sites for hydroxylation is 1. The Morgan fingerprint density at radius 3 is 2.50 bits per heavy atom. The Labute approximate surface area is 154 Å². The Morgan fingerprint density at radius 2 is 1.81 bits per heavy atom. The van der Waals surface area contributed by atoms with E-state index in [9.17, 15) is 4.79 Å². The van der Waals surface area contributed by atoms with Crippen LogP contribution in [0, 0.1) is 6.92 Å². The predicted octanol–water partition coefficient (Wildman–Crippen LogP) is 5.03. The first-order chi connectivity index (χ1) is 12.7. The molecule has 0 aliphatic carbocycles. The smallest absolute Gasteiger partial charge is 0.261 e. The summed E-state index contributed by atoms with van der Waals surface area (Å²) in [5.74, 6) is 0.241. The van der Waals surface area contributed by atoms with Crippen molar-refractivity contribution in [2.45, 2.75) is 6.92 Å². The minimum atomic E-state index is -0.246. The molecular formula is C20H15N3O2S. The number of hydrogen-bond acceptors (Lipinski definition) is 5. The van der Waals surface area contributed by atoms with E-state index in [-0.39, 0.29) is 5.91 Å². The fraction of sp³-hybridized carbons (Fsp3) is 0.0500. The molecule has 2 heterocycles. The zero-order chi connectivity index (χ0) is 17.9. The van der Waals surface area contributed by atoms with Crippen LogP contribution in [0.1, 0.15) is 16.1 Å². The zero-order valence-electron chi connectivity index (χ0n) is 14.0. The number of amides is 1. The summed E-state index contributed by atoms with van der Waals surface area (Å²) in [4.78, 5) is 17.1. The van der Waals surface area contributed by atoms with Crippen LogP contribution in [0.25, 0.3) is 21.8 Å². The Balaban J connectivity index is 1.58. The molecule has 0 saturated carbocycles. The molecule has 6 heteroatoms. The van der Waals surface area contributed by atoms with Gasteiger partial charge in [-0.15, -0.1) is 11.3 Å². The minimum Gasteiger partial charge on any atom is -0.360 e. The largest absolute Gasteiger partial charge is 0.360 e. The van der Waals surface area contributed by atoms with Gasteiger partial charge in [0.05, 0.1) is 0 Å². The van der Waals surface area contributed by atoms with Gasteiger partial charge in [-0.3, -0.25) is 4.79 Å². The van der Waals surface area contributed by atoms with Crippen molar-refractivity contribution in [2.24, 2.45) is 0 Å². The van der Waals surface area contributed by atoms with Crippen molar-refractivity contribution >= 4 is 22.9 Å². The average Bonchev–Trinajstić information content (AvgIpc) is 3.33. The summed E-state index contributed by atoms with van der Waals surface area (Å²) in [5, 5.41) is 9.85. The summed E-state index contributed by atoms with van der Waals surface area (Å²) < 4.78 is 5.26. The van der Waals surface area contributed by atoms with Crippen molar-refractivity contribution in [3.8, 4) is 21.8 Å². The van der Waals surface area contributed by atoms with Crippen molar-refractivity contribution in [1.29, 1.82) is 0 Å². The Bertz CT molecular complexity index is 1020. The van der Waals surface area contributed by atoms with Gasteiger partial charge in [0, 0.05) is 28.4 Å². The first kappa shape index (κ1) is 16.2. The van der Waals surface area contributed by atoms with E-state index in [1.165, 1.54) is 0 Å². The lowest BCUT2D eigenvalue weighted by Crippen LogP contribution is -2.13. The maximum atomic E-state index is 12.8. The molecule has 0 bridgehead atoms. The van der Waals surface area contributed by atoms with Crippen molar-refractivity contribution < 1.29 is 9.32 Å². The van der Waals surface area contributed by atoms with Crippen LogP contribution in [-0.2, 0) is 0 Å². The number of benzene rings is 2. The highest BCUT2D eigenvalue weighted by Crippen LogP contribution is 2.27. The monoisotopic (exact) mass is 361 g/mol. The summed E-state index contributed by atoms with van der Waals surface area (Å²) >= 11 is 1.58. The van der Waals surface area contributed by atoms with E-state index < -0.39 is 0 Å². The van der Waals surface area contributed by atoms with Gasteiger partial charge in [-0.05, 0) is 31.2 Å². The van der Waals surface area contributed by atoms with Crippen LogP contribution in [0.3, 0.4) is 0 Å². The SMILES string of the molecule is Cc1onc(-c2ccccc2)c1C(=O)Nc1ccc(-c2nccs2)cc1. The standard InChI is InChI=1S/C20H15N3O2S/c1-13-17(18(23-25-13)14-5-3-2-4-6-14)19(24)22-16-9-7-15(8-10-16)20-21-11-12-26-20/h2-12H,1H3,(H,22,24). The molecule has 0 spiro atoms. The molecular weight excluding hydrogens is 346 g/mol. The topological polar surface area (TPSA) is 68.0 Å². The maximum absolute atomic E-state index is 12.8. The van der Waals surface area contributed by atoms with Gasteiger partial charge in [-0.2, -0.15) is 0 Å². The number of nitrogens with zero attached hydrogens (tertiary/aromatic N) is 2. The number of carbonyl (C=O) groups excluding carboxylic acids is 1. The number of nitrogens with one attached hydrogen (secondary N) is 1. The van der Waals surface area contributed by atoms with Crippen LogP contribution in [0.5, 0.6) is 0 Å². The summed E-state index contributed by atoms with van der Waals surface area (Å²) in [7, 11) is 0. The van der Waals surface area contributed by atoms with Crippen LogP contribution < -0.4 is 5.32 Å². The van der Waals surface area contributed by atoms with E-state index in [1.807, 2.05) is 60.0 Å². The molecule has 0 aliphatic rings. The molecule has 2 aromatic heterocycles. The molecule has 26 heavy (non-hydrogen) atoms. The third-order valence-corrected chi connectivity index (χ3v) is 4.78. The van der Waals surface area contributed by atoms with E-state index >= 15 is 0 Å². The summed E-state index contributed by atoms with van der Waals surface area (Å²) in [6.45, 7) is 1.74. The maximum Gasteiger partial charge on any atom is 0.261 e. The molecule has 0 aliphatic heterocycles. The highest BCUT2D eigenvalue weighted by molar-refractivity contribution is 7.13. The number of rotatable bonds is 4. The van der Waals surface area contributed by atoms with E-state index in [0.717, 1.165) is 16.1 Å². The summed E-state index contributed by atoms with van der Waals surface area (Å²) in [6, 6.07) is 17.1. The first-order valence-electron chi connectivity index (χ1n) is 8.05. The number of thiazole rings is 1. The molecule has 2 aromatic carbocycles. The Morgan fingerprint density at radius 1 is 1.04 bits per heavy atom. The molecule has 1 N–H and O–H groups in total. The lowest BCUT2D eigenvalue weighted by molar-refractivity contribution is 0.102. The van der Waals surface area contributed by atoms with E-state index in [0.29, 0.717) is 22.7 Å². The molecule has 128 valence electrons. The molecule has 1 amide bonds.